The zero-order valence-corrected chi connectivity index (χ0v) is 14.4. The highest BCUT2D eigenvalue weighted by Crippen LogP contribution is 2.20. The lowest BCUT2D eigenvalue weighted by molar-refractivity contribution is 0.0952. The first kappa shape index (κ1) is 16.0. The molecule has 0 unspecified atom stereocenters. The Kier molecular flexibility index (Phi) is 7.90. The van der Waals surface area contributed by atoms with Gasteiger partial charge in [0.15, 0.2) is 0 Å². The van der Waals surface area contributed by atoms with E-state index in [1.165, 1.54) is 23.7 Å². The summed E-state index contributed by atoms with van der Waals surface area (Å²) in [5.41, 5.74) is 1.81. The fourth-order valence-electron chi connectivity index (χ4n) is 1.69. The van der Waals surface area contributed by atoms with Crippen LogP contribution in [0.1, 0.15) is 41.6 Å². The van der Waals surface area contributed by atoms with E-state index in [9.17, 15) is 4.79 Å². The lowest BCUT2D eigenvalue weighted by Gasteiger charge is -2.08. The number of alkyl halides is 1. The van der Waals surface area contributed by atoms with Crippen molar-refractivity contribution in [2.45, 2.75) is 32.6 Å². The Hall–Kier alpha value is -0.100. The molecule has 0 saturated carbocycles. The molecule has 0 aliphatic heterocycles. The van der Waals surface area contributed by atoms with Crippen LogP contribution in [0.15, 0.2) is 22.7 Å². The van der Waals surface area contributed by atoms with Gasteiger partial charge >= 0.3 is 0 Å². The number of unbranched alkanes of at least 4 members (excludes halogenated alkanes) is 3. The number of hydrogen-bond donors (Lipinski definition) is 1. The second kappa shape index (κ2) is 8.91. The largest absolute Gasteiger partial charge is 0.352 e. The molecule has 1 amide bonds. The van der Waals surface area contributed by atoms with Crippen molar-refractivity contribution >= 4 is 44.4 Å². The van der Waals surface area contributed by atoms with Crippen LogP contribution < -0.4 is 5.32 Å². The van der Waals surface area contributed by atoms with Gasteiger partial charge in [0.05, 0.1) is 5.56 Å². The molecule has 1 rings (SSSR count). The summed E-state index contributed by atoms with van der Waals surface area (Å²) >= 11 is 5.86. The van der Waals surface area contributed by atoms with Crippen LogP contribution in [0, 0.1) is 6.92 Å². The number of aryl methyl sites for hydroxylation is 1. The lowest BCUT2D eigenvalue weighted by atomic mass is 10.1. The lowest BCUT2D eigenvalue weighted by Crippen LogP contribution is -2.24. The molecule has 0 aromatic heterocycles. The molecule has 18 heavy (non-hydrogen) atoms. The number of benzene rings is 1. The smallest absolute Gasteiger partial charge is 0.252 e. The van der Waals surface area contributed by atoms with Gasteiger partial charge in [0, 0.05) is 11.0 Å². The van der Waals surface area contributed by atoms with Gasteiger partial charge < -0.3 is 5.32 Å². The molecule has 4 heteroatoms. The van der Waals surface area contributed by atoms with Crippen LogP contribution in [-0.2, 0) is 0 Å². The zero-order valence-electron chi connectivity index (χ0n) is 10.6. The molecule has 0 fully saturated rings. The molecule has 0 aliphatic rings. The van der Waals surface area contributed by atoms with E-state index in [1.54, 1.807) is 0 Å². The molecule has 100 valence electrons. The van der Waals surface area contributed by atoms with Crippen LogP contribution in [0.4, 0.5) is 0 Å². The van der Waals surface area contributed by atoms with Crippen LogP contribution in [0.25, 0.3) is 0 Å². The standard InChI is InChI=1S/C14H19BrINO/c1-11-7-6-8-12(13(11)15)14(18)17-10-5-3-2-4-9-16/h6-8H,2-5,9-10H2,1H3,(H,17,18). The summed E-state index contributed by atoms with van der Waals surface area (Å²) in [5.74, 6) is 0.0134. The molecule has 0 saturated heterocycles. The Morgan fingerprint density at radius 2 is 2.00 bits per heavy atom. The molecule has 0 spiro atoms. The van der Waals surface area contributed by atoms with Gasteiger partial charge in [-0.2, -0.15) is 0 Å². The first-order valence-electron chi connectivity index (χ1n) is 6.26. The molecule has 1 aromatic rings. The highest BCUT2D eigenvalue weighted by Gasteiger charge is 2.10. The number of carbonyl (C=O) groups excluding carboxylic acids is 1. The first-order valence-corrected chi connectivity index (χ1v) is 8.58. The monoisotopic (exact) mass is 423 g/mol. The Morgan fingerprint density at radius 3 is 2.72 bits per heavy atom. The van der Waals surface area contributed by atoms with Gasteiger partial charge in [-0.15, -0.1) is 0 Å². The molecule has 0 radical (unpaired) electrons. The highest BCUT2D eigenvalue weighted by molar-refractivity contribution is 14.1. The molecular weight excluding hydrogens is 405 g/mol. The Labute approximate surface area is 131 Å². The average Bonchev–Trinajstić information content (AvgIpc) is 2.36. The molecule has 2 nitrogen and oxygen atoms in total. The van der Waals surface area contributed by atoms with Crippen LogP contribution in [0.2, 0.25) is 0 Å². The number of halogens is 2. The van der Waals surface area contributed by atoms with E-state index in [1.807, 2.05) is 25.1 Å². The zero-order chi connectivity index (χ0) is 13.4. The van der Waals surface area contributed by atoms with E-state index in [-0.39, 0.29) is 5.91 Å². The molecule has 0 atom stereocenters. The average molecular weight is 424 g/mol. The molecule has 0 bridgehead atoms. The van der Waals surface area contributed by atoms with Crippen molar-refractivity contribution in [1.29, 1.82) is 0 Å². The normalized spacial score (nSPS) is 10.4. The van der Waals surface area contributed by atoms with Gasteiger partial charge in [0.25, 0.3) is 5.91 Å². The van der Waals surface area contributed by atoms with Gasteiger partial charge in [0.2, 0.25) is 0 Å². The summed E-state index contributed by atoms with van der Waals surface area (Å²) < 4.78 is 2.12. The van der Waals surface area contributed by atoms with Gasteiger partial charge in [-0.25, -0.2) is 0 Å². The van der Waals surface area contributed by atoms with Gasteiger partial charge in [-0.1, -0.05) is 47.6 Å². The molecule has 1 N–H and O–H groups in total. The van der Waals surface area contributed by atoms with E-state index < -0.39 is 0 Å². The van der Waals surface area contributed by atoms with E-state index in [2.05, 4.69) is 43.8 Å². The van der Waals surface area contributed by atoms with Crippen molar-refractivity contribution in [2.75, 3.05) is 11.0 Å². The van der Waals surface area contributed by atoms with Crippen LogP contribution in [-0.4, -0.2) is 16.9 Å². The van der Waals surface area contributed by atoms with E-state index in [0.717, 1.165) is 28.6 Å². The van der Waals surface area contributed by atoms with Crippen molar-refractivity contribution in [3.05, 3.63) is 33.8 Å². The Balaban J connectivity index is 2.35. The fourth-order valence-corrected chi connectivity index (χ4v) is 2.68. The second-order valence-corrected chi connectivity index (χ2v) is 6.17. The van der Waals surface area contributed by atoms with Crippen molar-refractivity contribution < 1.29 is 4.79 Å². The summed E-state index contributed by atoms with van der Waals surface area (Å²) in [7, 11) is 0. The summed E-state index contributed by atoms with van der Waals surface area (Å²) in [6.07, 6.45) is 4.79. The van der Waals surface area contributed by atoms with Crippen molar-refractivity contribution in [3.8, 4) is 0 Å². The van der Waals surface area contributed by atoms with Gasteiger partial charge in [0.1, 0.15) is 0 Å². The Bertz CT molecular complexity index is 395. The number of hydrogen-bond acceptors (Lipinski definition) is 1. The number of rotatable bonds is 7. The number of carbonyl (C=O) groups is 1. The Morgan fingerprint density at radius 1 is 1.28 bits per heavy atom. The minimum Gasteiger partial charge on any atom is -0.352 e. The predicted molar refractivity (Wildman–Crippen MR) is 88.6 cm³/mol. The van der Waals surface area contributed by atoms with Crippen molar-refractivity contribution in [3.63, 3.8) is 0 Å². The maximum atomic E-state index is 12.0. The first-order chi connectivity index (χ1) is 8.66. The predicted octanol–water partition coefficient (Wildman–Crippen LogP) is 4.48. The topological polar surface area (TPSA) is 29.1 Å². The maximum absolute atomic E-state index is 12.0. The maximum Gasteiger partial charge on any atom is 0.252 e. The number of amides is 1. The molecular formula is C14H19BrINO. The third-order valence-corrected chi connectivity index (χ3v) is 4.60. The van der Waals surface area contributed by atoms with Crippen LogP contribution in [0.5, 0.6) is 0 Å². The van der Waals surface area contributed by atoms with Crippen molar-refractivity contribution in [1.82, 2.24) is 5.32 Å². The molecule has 1 aromatic carbocycles. The second-order valence-electron chi connectivity index (χ2n) is 4.30. The van der Waals surface area contributed by atoms with Crippen LogP contribution in [0.3, 0.4) is 0 Å². The summed E-state index contributed by atoms with van der Waals surface area (Å²) in [4.78, 5) is 12.0. The van der Waals surface area contributed by atoms with E-state index in [4.69, 9.17) is 0 Å². The quantitative estimate of drug-likeness (QED) is 0.391. The van der Waals surface area contributed by atoms with Crippen molar-refractivity contribution in [2.24, 2.45) is 0 Å². The highest BCUT2D eigenvalue weighted by atomic mass is 127. The summed E-state index contributed by atoms with van der Waals surface area (Å²) in [5, 5.41) is 2.97. The molecule has 0 aliphatic carbocycles. The third kappa shape index (κ3) is 5.26. The minimum absolute atomic E-state index is 0.0134. The summed E-state index contributed by atoms with van der Waals surface area (Å²) in [6.45, 7) is 2.76. The van der Waals surface area contributed by atoms with Crippen LogP contribution >= 0.6 is 38.5 Å². The summed E-state index contributed by atoms with van der Waals surface area (Å²) in [6, 6.07) is 5.75. The number of nitrogens with one attached hydrogen (secondary N) is 1. The fraction of sp³-hybridized carbons (Fsp3) is 0.500. The van der Waals surface area contributed by atoms with Gasteiger partial charge in [-0.05, 0) is 51.8 Å². The SMILES string of the molecule is Cc1cccc(C(=O)NCCCCCCI)c1Br. The van der Waals surface area contributed by atoms with E-state index >= 15 is 0 Å². The van der Waals surface area contributed by atoms with Gasteiger partial charge in [-0.3, -0.25) is 4.79 Å². The molecule has 0 heterocycles. The minimum atomic E-state index is 0.0134. The third-order valence-electron chi connectivity index (χ3n) is 2.78. The van der Waals surface area contributed by atoms with E-state index in [0.29, 0.717) is 0 Å².